The molecule has 0 aromatic heterocycles. The van der Waals surface area contributed by atoms with E-state index < -0.39 is 6.10 Å². The van der Waals surface area contributed by atoms with Crippen LogP contribution < -0.4 is 10.1 Å². The monoisotopic (exact) mass is 585 g/mol. The Hall–Kier alpha value is -3.30. The zero-order valence-corrected chi connectivity index (χ0v) is 24.7. The molecule has 0 amide bonds. The molecule has 0 radical (unpaired) electrons. The first kappa shape index (κ1) is 31.1. The fourth-order valence-electron chi connectivity index (χ4n) is 5.41. The van der Waals surface area contributed by atoms with E-state index in [2.05, 4.69) is 72.0 Å². The van der Waals surface area contributed by atoms with Crippen LogP contribution in [0.15, 0.2) is 91.0 Å². The van der Waals surface area contributed by atoms with Gasteiger partial charge < -0.3 is 34.5 Å². The molecule has 228 valence electrons. The largest absolute Gasteiger partial charge is 0.494 e. The van der Waals surface area contributed by atoms with Crippen molar-refractivity contribution in [3.8, 4) is 5.75 Å². The SMILES string of the molecule is OC[C@@H](O)COCc1ccc2ccc(CO[C@H]3CNCC[C@H]3c3ccc(OCCCOCc4ccccc4)cc3)cc2c1. The number of aliphatic hydroxyl groups excluding tert-OH is 2. The van der Waals surface area contributed by atoms with Crippen molar-refractivity contribution >= 4 is 10.8 Å². The van der Waals surface area contributed by atoms with E-state index in [4.69, 9.17) is 24.1 Å². The summed E-state index contributed by atoms with van der Waals surface area (Å²) >= 11 is 0. The Morgan fingerprint density at radius 2 is 1.51 bits per heavy atom. The van der Waals surface area contributed by atoms with E-state index in [0.29, 0.717) is 39.0 Å². The fraction of sp³-hybridized carbons (Fsp3) is 0.389. The van der Waals surface area contributed by atoms with Crippen molar-refractivity contribution in [1.82, 2.24) is 5.32 Å². The van der Waals surface area contributed by atoms with Crippen molar-refractivity contribution in [2.75, 3.05) is 39.5 Å². The highest BCUT2D eigenvalue weighted by atomic mass is 16.5. The molecule has 0 saturated carbocycles. The van der Waals surface area contributed by atoms with Crippen LogP contribution in [0.3, 0.4) is 0 Å². The molecule has 0 aliphatic carbocycles. The molecule has 3 N–H and O–H groups in total. The first-order valence-corrected chi connectivity index (χ1v) is 15.2. The van der Waals surface area contributed by atoms with Crippen LogP contribution in [0.1, 0.15) is 41.0 Å². The van der Waals surface area contributed by atoms with Crippen LogP contribution in [0.5, 0.6) is 5.75 Å². The van der Waals surface area contributed by atoms with Gasteiger partial charge in [-0.3, -0.25) is 0 Å². The van der Waals surface area contributed by atoms with Crippen LogP contribution >= 0.6 is 0 Å². The predicted molar refractivity (Wildman–Crippen MR) is 168 cm³/mol. The molecule has 1 fully saturated rings. The number of fused-ring (bicyclic) bond motifs is 1. The average Bonchev–Trinajstić information content (AvgIpc) is 3.06. The van der Waals surface area contributed by atoms with E-state index in [1.807, 2.05) is 24.3 Å². The van der Waals surface area contributed by atoms with Gasteiger partial charge in [-0.25, -0.2) is 0 Å². The Bertz CT molecular complexity index is 1380. The number of hydrogen-bond donors (Lipinski definition) is 3. The molecule has 4 aromatic carbocycles. The number of benzene rings is 4. The number of ether oxygens (including phenoxy) is 4. The highest BCUT2D eigenvalue weighted by Gasteiger charge is 2.27. The molecule has 0 spiro atoms. The molecule has 0 unspecified atom stereocenters. The minimum Gasteiger partial charge on any atom is -0.494 e. The number of hydrogen-bond acceptors (Lipinski definition) is 7. The van der Waals surface area contributed by atoms with E-state index in [9.17, 15) is 5.11 Å². The molecular formula is C36H43NO6. The van der Waals surface area contributed by atoms with Crippen LogP contribution in [0.2, 0.25) is 0 Å². The van der Waals surface area contributed by atoms with Gasteiger partial charge in [-0.2, -0.15) is 0 Å². The van der Waals surface area contributed by atoms with E-state index in [0.717, 1.165) is 53.6 Å². The fourth-order valence-corrected chi connectivity index (χ4v) is 5.41. The zero-order valence-electron chi connectivity index (χ0n) is 24.7. The van der Waals surface area contributed by atoms with Gasteiger partial charge in [0.1, 0.15) is 11.9 Å². The Balaban J connectivity index is 1.09. The first-order chi connectivity index (χ1) is 21.2. The number of aliphatic hydroxyl groups is 2. The summed E-state index contributed by atoms with van der Waals surface area (Å²) in [6.45, 7) is 4.45. The van der Waals surface area contributed by atoms with Gasteiger partial charge in [-0.05, 0) is 70.3 Å². The van der Waals surface area contributed by atoms with Gasteiger partial charge in [0.05, 0.1) is 52.4 Å². The Morgan fingerprint density at radius 1 is 0.767 bits per heavy atom. The maximum atomic E-state index is 9.49. The van der Waals surface area contributed by atoms with Crippen molar-refractivity contribution in [1.29, 1.82) is 0 Å². The lowest BCUT2D eigenvalue weighted by Crippen LogP contribution is -2.40. The second-order valence-electron chi connectivity index (χ2n) is 11.1. The Morgan fingerprint density at radius 3 is 2.28 bits per heavy atom. The molecule has 5 rings (SSSR count). The summed E-state index contributed by atoms with van der Waals surface area (Å²) < 4.78 is 23.7. The lowest BCUT2D eigenvalue weighted by molar-refractivity contribution is 0.0000489. The van der Waals surface area contributed by atoms with Gasteiger partial charge in [0.2, 0.25) is 0 Å². The molecule has 7 nitrogen and oxygen atoms in total. The summed E-state index contributed by atoms with van der Waals surface area (Å²) in [5, 5.41) is 24.2. The van der Waals surface area contributed by atoms with Crippen molar-refractivity contribution < 1.29 is 29.2 Å². The van der Waals surface area contributed by atoms with Gasteiger partial charge in [0.15, 0.2) is 0 Å². The van der Waals surface area contributed by atoms with Gasteiger partial charge in [-0.1, -0.05) is 66.7 Å². The average molecular weight is 586 g/mol. The standard InChI is InChI=1S/C36H43NO6/c38-22-33(39)26-41-24-28-7-9-30-10-8-29(20-32(30)19-28)25-43-36-21-37-16-15-35(36)31-11-13-34(14-12-31)42-18-4-17-40-23-27-5-2-1-3-6-27/h1-3,5-14,19-20,33,35-39H,4,15-18,21-26H2/t33-,35+,36+/m1/s1. The van der Waals surface area contributed by atoms with Gasteiger partial charge >= 0.3 is 0 Å². The normalized spacial score (nSPS) is 17.6. The molecule has 1 heterocycles. The second-order valence-corrected chi connectivity index (χ2v) is 11.1. The summed E-state index contributed by atoms with van der Waals surface area (Å²) in [6.07, 6.45) is 1.10. The molecule has 7 heteroatoms. The third-order valence-corrected chi connectivity index (χ3v) is 7.77. The first-order valence-electron chi connectivity index (χ1n) is 15.2. The molecule has 0 bridgehead atoms. The van der Waals surface area contributed by atoms with Crippen molar-refractivity contribution in [3.05, 3.63) is 113 Å². The highest BCUT2D eigenvalue weighted by Crippen LogP contribution is 2.30. The van der Waals surface area contributed by atoms with Crippen molar-refractivity contribution in [2.24, 2.45) is 0 Å². The maximum absolute atomic E-state index is 9.49. The summed E-state index contributed by atoms with van der Waals surface area (Å²) in [5.41, 5.74) is 4.61. The number of nitrogens with one attached hydrogen (secondary N) is 1. The van der Waals surface area contributed by atoms with E-state index >= 15 is 0 Å². The van der Waals surface area contributed by atoms with E-state index in [1.165, 1.54) is 11.1 Å². The van der Waals surface area contributed by atoms with Gasteiger partial charge in [0.25, 0.3) is 0 Å². The summed E-state index contributed by atoms with van der Waals surface area (Å²) in [5.74, 6) is 1.20. The molecule has 1 aliphatic rings. The van der Waals surface area contributed by atoms with Crippen LogP contribution in [-0.2, 0) is 34.0 Å². The predicted octanol–water partition coefficient (Wildman–Crippen LogP) is 5.36. The van der Waals surface area contributed by atoms with Crippen molar-refractivity contribution in [2.45, 2.75) is 50.8 Å². The minimum absolute atomic E-state index is 0.0793. The smallest absolute Gasteiger partial charge is 0.119 e. The van der Waals surface area contributed by atoms with E-state index in [1.54, 1.807) is 0 Å². The Labute approximate surface area is 254 Å². The maximum Gasteiger partial charge on any atom is 0.119 e. The zero-order chi connectivity index (χ0) is 29.7. The quantitative estimate of drug-likeness (QED) is 0.153. The van der Waals surface area contributed by atoms with Crippen LogP contribution in [-0.4, -0.2) is 61.9 Å². The topological polar surface area (TPSA) is 89.4 Å². The van der Waals surface area contributed by atoms with Crippen LogP contribution in [0.4, 0.5) is 0 Å². The third kappa shape index (κ3) is 9.60. The molecule has 4 aromatic rings. The van der Waals surface area contributed by atoms with Crippen molar-refractivity contribution in [3.63, 3.8) is 0 Å². The second kappa shape index (κ2) is 16.5. The van der Waals surface area contributed by atoms with Crippen LogP contribution in [0.25, 0.3) is 10.8 Å². The highest BCUT2D eigenvalue weighted by molar-refractivity contribution is 5.83. The number of rotatable bonds is 16. The molecule has 43 heavy (non-hydrogen) atoms. The van der Waals surface area contributed by atoms with Gasteiger partial charge in [0, 0.05) is 18.9 Å². The number of piperidine rings is 1. The van der Waals surface area contributed by atoms with Gasteiger partial charge in [-0.15, -0.1) is 0 Å². The lowest BCUT2D eigenvalue weighted by atomic mass is 9.87. The third-order valence-electron chi connectivity index (χ3n) is 7.77. The summed E-state index contributed by atoms with van der Waals surface area (Å²) in [6, 6.07) is 31.3. The van der Waals surface area contributed by atoms with Crippen LogP contribution in [0, 0.1) is 0 Å². The molecule has 1 aliphatic heterocycles. The lowest BCUT2D eigenvalue weighted by Gasteiger charge is -2.32. The summed E-state index contributed by atoms with van der Waals surface area (Å²) in [4.78, 5) is 0. The minimum atomic E-state index is -0.852. The Kier molecular flexibility index (Phi) is 12.0. The van der Waals surface area contributed by atoms with E-state index in [-0.39, 0.29) is 19.3 Å². The molecule has 1 saturated heterocycles. The molecular weight excluding hydrogens is 542 g/mol. The molecule has 3 atom stereocenters. The summed E-state index contributed by atoms with van der Waals surface area (Å²) in [7, 11) is 0.